The summed E-state index contributed by atoms with van der Waals surface area (Å²) in [4.78, 5) is 15.9. The third-order valence-electron chi connectivity index (χ3n) is 2.88. The van der Waals surface area contributed by atoms with Crippen LogP contribution in [0.15, 0.2) is 35.7 Å². The number of aryl methyl sites for hydroxylation is 1. The van der Waals surface area contributed by atoms with Crippen molar-refractivity contribution in [1.29, 1.82) is 0 Å². The molecule has 19 heavy (non-hydrogen) atoms. The smallest absolute Gasteiger partial charge is 0.257 e. The van der Waals surface area contributed by atoms with Gasteiger partial charge in [0, 0.05) is 24.7 Å². The van der Waals surface area contributed by atoms with Crippen molar-refractivity contribution in [2.75, 3.05) is 11.1 Å². The Morgan fingerprint density at radius 2 is 2.32 bits per heavy atom. The van der Waals surface area contributed by atoms with Gasteiger partial charge in [0.1, 0.15) is 5.03 Å². The fraction of sp³-hybridized carbons (Fsp3) is 0.250. The van der Waals surface area contributed by atoms with Crippen molar-refractivity contribution in [1.82, 2.24) is 14.8 Å². The van der Waals surface area contributed by atoms with Crippen LogP contribution in [-0.2, 0) is 17.3 Å². The summed E-state index contributed by atoms with van der Waals surface area (Å²) in [6.07, 6.45) is 5.49. The summed E-state index contributed by atoms with van der Waals surface area (Å²) in [5.41, 5.74) is 0.982. The molecule has 0 aliphatic carbocycles. The normalized spacial score (nSPS) is 17.8. The number of aromatic nitrogens is 3. The summed E-state index contributed by atoms with van der Waals surface area (Å²) in [7, 11) is -1.10. The van der Waals surface area contributed by atoms with Gasteiger partial charge in [0.2, 0.25) is 0 Å². The highest BCUT2D eigenvalue weighted by Gasteiger charge is 2.22. The van der Waals surface area contributed by atoms with E-state index in [4.69, 9.17) is 0 Å². The monoisotopic (exact) mass is 276 g/mol. The molecule has 3 rings (SSSR count). The quantitative estimate of drug-likeness (QED) is 0.889. The van der Waals surface area contributed by atoms with Gasteiger partial charge < -0.3 is 5.32 Å². The maximum atomic E-state index is 12.0. The minimum absolute atomic E-state index is 0.272. The van der Waals surface area contributed by atoms with Gasteiger partial charge in [-0.25, -0.2) is 0 Å². The number of amides is 1. The third kappa shape index (κ3) is 2.28. The summed E-state index contributed by atoms with van der Waals surface area (Å²) in [5, 5.41) is 7.49. The van der Waals surface area contributed by atoms with Crippen LogP contribution in [0.3, 0.4) is 0 Å². The van der Waals surface area contributed by atoms with Gasteiger partial charge in [-0.15, -0.1) is 0 Å². The lowest BCUT2D eigenvalue weighted by molar-refractivity contribution is 0.102. The van der Waals surface area contributed by atoms with Crippen LogP contribution in [0.1, 0.15) is 16.8 Å². The first kappa shape index (κ1) is 12.0. The lowest BCUT2D eigenvalue weighted by Crippen LogP contribution is -2.19. The first-order valence-electron chi connectivity index (χ1n) is 5.91. The van der Waals surface area contributed by atoms with Gasteiger partial charge in [0.25, 0.3) is 5.91 Å². The predicted molar refractivity (Wildman–Crippen MR) is 70.3 cm³/mol. The van der Waals surface area contributed by atoms with E-state index in [9.17, 15) is 9.00 Å². The largest absolute Gasteiger partial charge is 0.318 e. The van der Waals surface area contributed by atoms with Gasteiger partial charge in [-0.3, -0.25) is 18.7 Å². The van der Waals surface area contributed by atoms with Crippen molar-refractivity contribution in [2.45, 2.75) is 18.0 Å². The highest BCUT2D eigenvalue weighted by Crippen LogP contribution is 2.24. The maximum Gasteiger partial charge on any atom is 0.257 e. The van der Waals surface area contributed by atoms with E-state index < -0.39 is 10.8 Å². The van der Waals surface area contributed by atoms with Crippen LogP contribution < -0.4 is 5.32 Å². The van der Waals surface area contributed by atoms with Crippen molar-refractivity contribution in [3.63, 3.8) is 0 Å². The molecule has 0 radical (unpaired) electrons. The van der Waals surface area contributed by atoms with Gasteiger partial charge in [0.15, 0.2) is 0 Å². The second-order valence-electron chi connectivity index (χ2n) is 4.19. The lowest BCUT2D eigenvalue weighted by Gasteiger charge is -2.14. The minimum atomic E-state index is -1.10. The highest BCUT2D eigenvalue weighted by atomic mass is 32.2. The number of fused-ring (bicyclic) bond motifs is 1. The molecule has 0 saturated heterocycles. The van der Waals surface area contributed by atoms with Crippen molar-refractivity contribution in [3.8, 4) is 0 Å². The molecule has 1 unspecified atom stereocenters. The van der Waals surface area contributed by atoms with E-state index in [1.165, 1.54) is 6.20 Å². The number of hydrogen-bond acceptors (Lipinski definition) is 4. The predicted octanol–water partition coefficient (Wildman–Crippen LogP) is 1.04. The highest BCUT2D eigenvalue weighted by molar-refractivity contribution is 7.85. The van der Waals surface area contributed by atoms with Crippen LogP contribution in [0.25, 0.3) is 0 Å². The molecule has 0 aromatic carbocycles. The molecule has 0 saturated carbocycles. The molecule has 2 aromatic rings. The molecule has 2 aromatic heterocycles. The Balaban J connectivity index is 1.87. The first-order chi connectivity index (χ1) is 9.25. The van der Waals surface area contributed by atoms with Crippen molar-refractivity contribution in [3.05, 3.63) is 36.3 Å². The number of hydrogen-bond donors (Lipinski definition) is 1. The van der Waals surface area contributed by atoms with E-state index in [1.54, 1.807) is 29.2 Å². The molecule has 0 fully saturated rings. The van der Waals surface area contributed by atoms with Crippen molar-refractivity contribution < 1.29 is 9.00 Å². The summed E-state index contributed by atoms with van der Waals surface area (Å²) in [5.74, 6) is 0.341. The van der Waals surface area contributed by atoms with E-state index in [-0.39, 0.29) is 5.91 Å². The molecule has 98 valence electrons. The summed E-state index contributed by atoms with van der Waals surface area (Å²) >= 11 is 0. The van der Waals surface area contributed by atoms with Crippen LogP contribution in [0.4, 0.5) is 5.69 Å². The van der Waals surface area contributed by atoms with Crippen LogP contribution in [0.2, 0.25) is 0 Å². The average Bonchev–Trinajstić information content (AvgIpc) is 2.84. The number of rotatable bonds is 2. The van der Waals surface area contributed by atoms with Gasteiger partial charge in [-0.05, 0) is 18.6 Å². The Labute approximate surface area is 112 Å². The Hall–Kier alpha value is -2.02. The molecule has 1 N–H and O–H groups in total. The number of pyridine rings is 1. The van der Waals surface area contributed by atoms with E-state index in [0.29, 0.717) is 22.0 Å². The number of anilines is 1. The van der Waals surface area contributed by atoms with E-state index in [1.807, 2.05) is 0 Å². The molecular formula is C12H12N4O2S. The van der Waals surface area contributed by atoms with Crippen LogP contribution in [-0.4, -0.2) is 30.6 Å². The van der Waals surface area contributed by atoms with Crippen LogP contribution in [0, 0.1) is 0 Å². The van der Waals surface area contributed by atoms with Gasteiger partial charge in [-0.2, -0.15) is 5.10 Å². The number of carbonyl (C=O) groups excluding carboxylic acids is 1. The van der Waals surface area contributed by atoms with Crippen LogP contribution in [0.5, 0.6) is 0 Å². The third-order valence-corrected chi connectivity index (χ3v) is 4.40. The molecular weight excluding hydrogens is 264 g/mol. The Morgan fingerprint density at radius 1 is 1.42 bits per heavy atom. The number of carbonyl (C=O) groups is 1. The molecule has 6 nitrogen and oxygen atoms in total. The molecule has 7 heteroatoms. The van der Waals surface area contributed by atoms with Gasteiger partial charge in [-0.1, -0.05) is 0 Å². The summed E-state index contributed by atoms with van der Waals surface area (Å²) in [6.45, 7) is 0.740. The molecule has 1 amide bonds. The van der Waals surface area contributed by atoms with E-state index in [0.717, 1.165) is 13.0 Å². The minimum Gasteiger partial charge on any atom is -0.318 e. The second kappa shape index (κ2) is 4.93. The zero-order valence-corrected chi connectivity index (χ0v) is 10.9. The zero-order valence-electron chi connectivity index (χ0n) is 10.1. The van der Waals surface area contributed by atoms with Crippen molar-refractivity contribution >= 4 is 22.4 Å². The standard InChI is InChI=1S/C12H12N4O2S/c17-11(9-3-1-4-13-7-9)15-10-8-14-16-5-2-6-19(18)12(10)16/h1,3-4,7-8H,2,5-6H2,(H,15,17). The molecule has 0 bridgehead atoms. The first-order valence-corrected chi connectivity index (χ1v) is 7.23. The van der Waals surface area contributed by atoms with Crippen molar-refractivity contribution in [2.24, 2.45) is 0 Å². The van der Waals surface area contributed by atoms with E-state index >= 15 is 0 Å². The topological polar surface area (TPSA) is 76.9 Å². The fourth-order valence-electron chi connectivity index (χ4n) is 1.99. The maximum absolute atomic E-state index is 12.0. The van der Waals surface area contributed by atoms with Gasteiger partial charge >= 0.3 is 0 Å². The number of nitrogens with zero attached hydrogens (tertiary/aromatic N) is 3. The Kier molecular flexibility index (Phi) is 3.12. The van der Waals surface area contributed by atoms with Crippen LogP contribution >= 0.6 is 0 Å². The summed E-state index contributed by atoms with van der Waals surface area (Å²) in [6, 6.07) is 3.37. The molecule has 3 heterocycles. The lowest BCUT2D eigenvalue weighted by atomic mass is 10.2. The SMILES string of the molecule is O=C(Nc1cnn2c1S(=O)CCC2)c1cccnc1. The molecule has 1 aliphatic heterocycles. The second-order valence-corrected chi connectivity index (χ2v) is 5.67. The molecule has 1 atom stereocenters. The zero-order chi connectivity index (χ0) is 13.2. The van der Waals surface area contributed by atoms with E-state index in [2.05, 4.69) is 15.4 Å². The Bertz CT molecular complexity index is 638. The molecule has 0 spiro atoms. The molecule has 1 aliphatic rings. The average molecular weight is 276 g/mol. The fourth-order valence-corrected chi connectivity index (χ4v) is 3.30. The summed E-state index contributed by atoms with van der Waals surface area (Å²) < 4.78 is 13.7. The van der Waals surface area contributed by atoms with Gasteiger partial charge in [0.05, 0.1) is 28.2 Å². The Morgan fingerprint density at radius 3 is 3.11 bits per heavy atom. The number of nitrogens with one attached hydrogen (secondary N) is 1.